The molecule has 1 heterocycles. The molecule has 1 unspecified atom stereocenters. The molecule has 1 aliphatic heterocycles. The zero-order valence-electron chi connectivity index (χ0n) is 7.70. The van der Waals surface area contributed by atoms with Crippen LogP contribution in [0, 0.1) is 5.92 Å². The van der Waals surface area contributed by atoms with Crippen LogP contribution in [0.15, 0.2) is 0 Å². The van der Waals surface area contributed by atoms with Gasteiger partial charge in [0, 0.05) is 6.54 Å². The molecule has 1 rings (SSSR count). The Morgan fingerprint density at radius 2 is 1.85 bits per heavy atom. The number of rotatable bonds is 2. The molecule has 0 bridgehead atoms. The predicted octanol–water partition coefficient (Wildman–Crippen LogP) is -0.690. The monoisotopic (exact) mass is 187 g/mol. The Labute approximate surface area is 76.4 Å². The molecule has 13 heavy (non-hydrogen) atoms. The summed E-state index contributed by atoms with van der Waals surface area (Å²) in [5.74, 6) is -0.834. The molecule has 1 fully saturated rings. The zero-order chi connectivity index (χ0) is 9.84. The molecule has 5 heteroatoms. The van der Waals surface area contributed by atoms with Gasteiger partial charge in [0.25, 0.3) is 0 Å². The summed E-state index contributed by atoms with van der Waals surface area (Å²) in [5, 5.41) is 2.90. The number of nitrogens with one attached hydrogen (secondary N) is 1. The Morgan fingerprint density at radius 1 is 1.23 bits per heavy atom. The van der Waals surface area contributed by atoms with Gasteiger partial charge in [-0.2, -0.15) is 0 Å². The molecular weight excluding hydrogens is 174 g/mol. The summed E-state index contributed by atoms with van der Waals surface area (Å²) in [7, 11) is 2.67. The van der Waals surface area contributed by atoms with Gasteiger partial charge in [-0.15, -0.1) is 0 Å². The summed E-state index contributed by atoms with van der Waals surface area (Å²) >= 11 is 0. The third kappa shape index (κ3) is 2.18. The Kier molecular flexibility index (Phi) is 3.25. The number of carbonyl (C=O) groups is 2. The highest BCUT2D eigenvalue weighted by molar-refractivity contribution is 5.79. The summed E-state index contributed by atoms with van der Waals surface area (Å²) in [4.78, 5) is 22.1. The summed E-state index contributed by atoms with van der Waals surface area (Å²) in [6.45, 7) is 0.479. The molecule has 0 saturated carbocycles. The van der Waals surface area contributed by atoms with Gasteiger partial charge in [-0.05, 0) is 6.42 Å². The molecule has 2 atom stereocenters. The first-order chi connectivity index (χ1) is 6.19. The smallest absolute Gasteiger partial charge is 0.322 e. The minimum atomic E-state index is -0.367. The Balaban J connectivity index is 2.44. The van der Waals surface area contributed by atoms with Gasteiger partial charge in [-0.1, -0.05) is 0 Å². The fourth-order valence-corrected chi connectivity index (χ4v) is 1.40. The summed E-state index contributed by atoms with van der Waals surface area (Å²) in [6, 6.07) is -0.367. The molecule has 1 saturated heterocycles. The minimum Gasteiger partial charge on any atom is -0.469 e. The van der Waals surface area contributed by atoms with Crippen molar-refractivity contribution in [2.24, 2.45) is 5.92 Å². The topological polar surface area (TPSA) is 64.6 Å². The zero-order valence-corrected chi connectivity index (χ0v) is 7.70. The minimum absolute atomic E-state index is 0.228. The summed E-state index contributed by atoms with van der Waals surface area (Å²) < 4.78 is 9.11. The lowest BCUT2D eigenvalue weighted by Crippen LogP contribution is -2.31. The van der Waals surface area contributed by atoms with E-state index in [0.717, 1.165) is 0 Å². The molecule has 0 radical (unpaired) electrons. The van der Waals surface area contributed by atoms with Crippen LogP contribution in [-0.2, 0) is 19.1 Å². The SMILES string of the molecule is COC(=O)C1C[C@H](C(=O)OC)CN1. The van der Waals surface area contributed by atoms with Crippen LogP contribution >= 0.6 is 0 Å². The standard InChI is InChI=1S/C8H13NO4/c1-12-7(10)5-3-6(9-4-5)8(11)13-2/h5-6,9H,3-4H2,1-2H3/t5-,6?/m0/s1. The van der Waals surface area contributed by atoms with E-state index in [0.29, 0.717) is 13.0 Å². The molecule has 1 aliphatic rings. The van der Waals surface area contributed by atoms with Gasteiger partial charge in [-0.3, -0.25) is 9.59 Å². The van der Waals surface area contributed by atoms with Crippen LogP contribution < -0.4 is 5.32 Å². The number of hydrogen-bond acceptors (Lipinski definition) is 5. The van der Waals surface area contributed by atoms with Crippen LogP contribution in [0.4, 0.5) is 0 Å². The number of hydrogen-bond donors (Lipinski definition) is 1. The van der Waals surface area contributed by atoms with Gasteiger partial charge in [0.1, 0.15) is 6.04 Å². The van der Waals surface area contributed by atoms with Crippen molar-refractivity contribution in [2.45, 2.75) is 12.5 Å². The van der Waals surface area contributed by atoms with E-state index >= 15 is 0 Å². The fourth-order valence-electron chi connectivity index (χ4n) is 1.40. The van der Waals surface area contributed by atoms with E-state index in [-0.39, 0.29) is 23.9 Å². The van der Waals surface area contributed by atoms with Gasteiger partial charge in [0.2, 0.25) is 0 Å². The molecule has 0 aliphatic carbocycles. The summed E-state index contributed by atoms with van der Waals surface area (Å²) in [5.41, 5.74) is 0. The van der Waals surface area contributed by atoms with Crippen molar-refractivity contribution in [1.29, 1.82) is 0 Å². The lowest BCUT2D eigenvalue weighted by atomic mass is 10.1. The van der Waals surface area contributed by atoms with Crippen LogP contribution in [0.25, 0.3) is 0 Å². The molecule has 0 amide bonds. The highest BCUT2D eigenvalue weighted by Gasteiger charge is 2.34. The van der Waals surface area contributed by atoms with E-state index in [1.165, 1.54) is 14.2 Å². The lowest BCUT2D eigenvalue weighted by Gasteiger charge is -2.06. The Hall–Kier alpha value is -1.10. The van der Waals surface area contributed by atoms with Crippen molar-refractivity contribution in [2.75, 3.05) is 20.8 Å². The first-order valence-electron chi connectivity index (χ1n) is 4.08. The predicted molar refractivity (Wildman–Crippen MR) is 43.9 cm³/mol. The van der Waals surface area contributed by atoms with Gasteiger partial charge < -0.3 is 14.8 Å². The molecule has 5 nitrogen and oxygen atoms in total. The van der Waals surface area contributed by atoms with Crippen LogP contribution in [0.1, 0.15) is 6.42 Å². The van der Waals surface area contributed by atoms with Crippen LogP contribution in [0.3, 0.4) is 0 Å². The number of methoxy groups -OCH3 is 2. The van der Waals surface area contributed by atoms with E-state index in [4.69, 9.17) is 0 Å². The van der Waals surface area contributed by atoms with Crippen molar-refractivity contribution in [3.05, 3.63) is 0 Å². The first kappa shape index (κ1) is 9.98. The van der Waals surface area contributed by atoms with E-state index in [2.05, 4.69) is 14.8 Å². The summed E-state index contributed by atoms with van der Waals surface area (Å²) in [6.07, 6.45) is 0.458. The Morgan fingerprint density at radius 3 is 2.38 bits per heavy atom. The third-order valence-electron chi connectivity index (χ3n) is 2.15. The highest BCUT2D eigenvalue weighted by atomic mass is 16.5. The number of esters is 2. The van der Waals surface area contributed by atoms with Crippen molar-refractivity contribution >= 4 is 11.9 Å². The number of carbonyl (C=O) groups excluding carboxylic acids is 2. The second-order valence-corrected chi connectivity index (χ2v) is 2.94. The maximum atomic E-state index is 11.1. The van der Waals surface area contributed by atoms with Crippen LogP contribution in [0.2, 0.25) is 0 Å². The maximum absolute atomic E-state index is 11.1. The molecule has 0 aromatic heterocycles. The van der Waals surface area contributed by atoms with Crippen molar-refractivity contribution in [3.63, 3.8) is 0 Å². The van der Waals surface area contributed by atoms with E-state index in [1.807, 2.05) is 0 Å². The molecule has 0 spiro atoms. The first-order valence-corrected chi connectivity index (χ1v) is 4.08. The quantitative estimate of drug-likeness (QED) is 0.580. The van der Waals surface area contributed by atoms with E-state index < -0.39 is 0 Å². The second-order valence-electron chi connectivity index (χ2n) is 2.94. The maximum Gasteiger partial charge on any atom is 0.322 e. The van der Waals surface area contributed by atoms with Crippen molar-refractivity contribution in [1.82, 2.24) is 5.32 Å². The van der Waals surface area contributed by atoms with E-state index in [9.17, 15) is 9.59 Å². The lowest BCUT2D eigenvalue weighted by molar-refractivity contribution is -0.145. The van der Waals surface area contributed by atoms with Crippen LogP contribution in [-0.4, -0.2) is 38.7 Å². The van der Waals surface area contributed by atoms with Gasteiger partial charge in [-0.25, -0.2) is 0 Å². The van der Waals surface area contributed by atoms with Gasteiger partial charge >= 0.3 is 11.9 Å². The highest BCUT2D eigenvalue weighted by Crippen LogP contribution is 2.15. The van der Waals surface area contributed by atoms with Crippen LogP contribution in [0.5, 0.6) is 0 Å². The second kappa shape index (κ2) is 4.23. The average Bonchev–Trinajstić information content (AvgIpc) is 2.64. The van der Waals surface area contributed by atoms with Crippen molar-refractivity contribution in [3.8, 4) is 0 Å². The molecule has 0 aromatic carbocycles. The largest absolute Gasteiger partial charge is 0.469 e. The number of ether oxygens (including phenoxy) is 2. The molecule has 1 N–H and O–H groups in total. The van der Waals surface area contributed by atoms with Gasteiger partial charge in [0.05, 0.1) is 20.1 Å². The Bertz CT molecular complexity index is 194. The fraction of sp³-hybridized carbons (Fsp3) is 0.750. The molecule has 0 aromatic rings. The normalized spacial score (nSPS) is 26.9. The third-order valence-corrected chi connectivity index (χ3v) is 2.15. The molecule has 74 valence electrons. The van der Waals surface area contributed by atoms with Crippen molar-refractivity contribution < 1.29 is 19.1 Å². The average molecular weight is 187 g/mol. The van der Waals surface area contributed by atoms with E-state index in [1.54, 1.807) is 0 Å². The molecular formula is C8H13NO4. The van der Waals surface area contributed by atoms with Gasteiger partial charge in [0.15, 0.2) is 0 Å².